The van der Waals surface area contributed by atoms with Crippen molar-refractivity contribution in [3.05, 3.63) is 34.9 Å². The minimum atomic E-state index is -1.05. The Balaban J connectivity index is 2.15. The van der Waals surface area contributed by atoms with Crippen LogP contribution in [0.5, 0.6) is 0 Å². The summed E-state index contributed by atoms with van der Waals surface area (Å²) in [5, 5.41) is 0.705. The zero-order valence-electron chi connectivity index (χ0n) is 11.5. The van der Waals surface area contributed by atoms with Gasteiger partial charge in [-0.3, -0.25) is 4.79 Å². The van der Waals surface area contributed by atoms with E-state index in [0.717, 1.165) is 12.0 Å². The predicted octanol–water partition coefficient (Wildman–Crippen LogP) is 4.52. The Morgan fingerprint density at radius 2 is 1.90 bits per heavy atom. The van der Waals surface area contributed by atoms with Gasteiger partial charge in [0.1, 0.15) is 4.33 Å². The fourth-order valence-corrected chi connectivity index (χ4v) is 4.44. The molecule has 2 N–H and O–H groups in total. The third kappa shape index (κ3) is 2.32. The van der Waals surface area contributed by atoms with E-state index < -0.39 is 15.7 Å². The molecule has 20 heavy (non-hydrogen) atoms. The Morgan fingerprint density at radius 1 is 1.35 bits per heavy atom. The topological polar surface area (TPSA) is 43.1 Å². The summed E-state index contributed by atoms with van der Waals surface area (Å²) >= 11 is 18.5. The average Bonchev–Trinajstić information content (AvgIpc) is 2.86. The minimum absolute atomic E-state index is 0.105. The smallest absolute Gasteiger partial charge is 0.227 e. The third-order valence-electron chi connectivity index (χ3n) is 4.57. The van der Waals surface area contributed by atoms with E-state index in [1.165, 1.54) is 0 Å². The van der Waals surface area contributed by atoms with E-state index in [0.29, 0.717) is 11.4 Å². The molecule has 2 nitrogen and oxygen atoms in total. The molecule has 1 aliphatic rings. The summed E-state index contributed by atoms with van der Waals surface area (Å²) in [5.41, 5.74) is 5.88. The summed E-state index contributed by atoms with van der Waals surface area (Å²) in [7, 11) is 0. The number of carbonyl (C=O) groups excluding carboxylic acids is 1. The summed E-state index contributed by atoms with van der Waals surface area (Å²) < 4.78 is -1.05. The van der Waals surface area contributed by atoms with Crippen molar-refractivity contribution in [1.29, 1.82) is 0 Å². The van der Waals surface area contributed by atoms with Crippen molar-refractivity contribution in [2.45, 2.75) is 36.9 Å². The zero-order chi connectivity index (χ0) is 15.1. The Morgan fingerprint density at radius 3 is 2.30 bits per heavy atom. The second kappa shape index (κ2) is 5.40. The minimum Gasteiger partial charge on any atom is -0.369 e. The number of rotatable bonds is 5. The average molecular weight is 335 g/mol. The van der Waals surface area contributed by atoms with Crippen LogP contribution in [0.15, 0.2) is 24.3 Å². The molecule has 1 amide bonds. The maximum Gasteiger partial charge on any atom is 0.227 e. The van der Waals surface area contributed by atoms with E-state index in [2.05, 4.69) is 6.92 Å². The second-order valence-corrected chi connectivity index (χ2v) is 7.38. The number of hydrogen-bond donors (Lipinski definition) is 1. The van der Waals surface area contributed by atoms with Gasteiger partial charge in [0.2, 0.25) is 5.91 Å². The molecule has 0 radical (unpaired) electrons. The molecule has 0 heterocycles. The van der Waals surface area contributed by atoms with Gasteiger partial charge in [-0.2, -0.15) is 0 Å². The van der Waals surface area contributed by atoms with Gasteiger partial charge in [-0.05, 0) is 36.5 Å². The van der Waals surface area contributed by atoms with E-state index >= 15 is 0 Å². The monoisotopic (exact) mass is 333 g/mol. The number of alkyl halides is 2. The first-order valence-electron chi connectivity index (χ1n) is 6.70. The number of benzene rings is 1. The molecule has 0 saturated heterocycles. The highest BCUT2D eigenvalue weighted by Crippen LogP contribution is 2.72. The highest BCUT2D eigenvalue weighted by Gasteiger charge is 2.77. The summed E-state index contributed by atoms with van der Waals surface area (Å²) in [6.45, 7) is 3.99. The number of amides is 1. The molecule has 1 aliphatic carbocycles. The fourth-order valence-electron chi connectivity index (χ4n) is 3.16. The van der Waals surface area contributed by atoms with Gasteiger partial charge in [-0.15, -0.1) is 23.2 Å². The first-order valence-corrected chi connectivity index (χ1v) is 7.84. The van der Waals surface area contributed by atoms with E-state index in [1.54, 1.807) is 0 Å². The van der Waals surface area contributed by atoms with Crippen molar-refractivity contribution in [2.75, 3.05) is 0 Å². The Bertz CT molecular complexity index is 514. The van der Waals surface area contributed by atoms with Gasteiger partial charge in [0.05, 0.1) is 5.41 Å². The molecule has 1 saturated carbocycles. The summed E-state index contributed by atoms with van der Waals surface area (Å²) in [6, 6.07) is 7.68. The number of hydrogen-bond acceptors (Lipinski definition) is 1. The van der Waals surface area contributed by atoms with Crippen molar-refractivity contribution in [3.8, 4) is 0 Å². The SMILES string of the molecule is CCC1(C(N)=O)C(CC(C)c2ccc(Cl)cc2)C1(Cl)Cl. The van der Waals surface area contributed by atoms with Gasteiger partial charge in [-0.25, -0.2) is 0 Å². The van der Waals surface area contributed by atoms with Crippen LogP contribution < -0.4 is 5.73 Å². The van der Waals surface area contributed by atoms with Crippen LogP contribution in [-0.4, -0.2) is 10.2 Å². The second-order valence-electron chi connectivity index (χ2n) is 5.55. The fraction of sp³-hybridized carbons (Fsp3) is 0.533. The lowest BCUT2D eigenvalue weighted by molar-refractivity contribution is -0.123. The lowest BCUT2D eigenvalue weighted by Gasteiger charge is -2.14. The largest absolute Gasteiger partial charge is 0.369 e. The summed E-state index contributed by atoms with van der Waals surface area (Å²) in [5.74, 6) is -0.272. The standard InChI is InChI=1S/C15H18Cl3NO/c1-3-14(13(19)20)12(15(14,17)18)8-9(2)10-4-6-11(16)7-5-10/h4-7,9,12H,3,8H2,1-2H3,(H2,19,20). The molecule has 0 aliphatic heterocycles. The molecule has 5 heteroatoms. The molecular formula is C15H18Cl3NO. The van der Waals surface area contributed by atoms with E-state index in [9.17, 15) is 4.79 Å². The van der Waals surface area contributed by atoms with E-state index in [4.69, 9.17) is 40.5 Å². The number of primary amides is 1. The zero-order valence-corrected chi connectivity index (χ0v) is 13.8. The molecule has 3 unspecified atom stereocenters. The van der Waals surface area contributed by atoms with Crippen LogP contribution in [0.1, 0.15) is 38.2 Å². The lowest BCUT2D eigenvalue weighted by atomic mass is 9.90. The van der Waals surface area contributed by atoms with Crippen molar-refractivity contribution < 1.29 is 4.79 Å². The first kappa shape index (κ1) is 15.9. The van der Waals surface area contributed by atoms with Crippen molar-refractivity contribution >= 4 is 40.7 Å². The Hall–Kier alpha value is -0.440. The van der Waals surface area contributed by atoms with Gasteiger partial charge >= 0.3 is 0 Å². The van der Waals surface area contributed by atoms with Gasteiger partial charge in [0.25, 0.3) is 0 Å². The maximum absolute atomic E-state index is 11.7. The molecule has 0 aromatic heterocycles. The Kier molecular flexibility index (Phi) is 4.30. The van der Waals surface area contributed by atoms with Crippen LogP contribution in [0.4, 0.5) is 0 Å². The molecule has 1 aromatic rings. The van der Waals surface area contributed by atoms with E-state index in [1.807, 2.05) is 31.2 Å². The normalized spacial score (nSPS) is 28.9. The summed E-state index contributed by atoms with van der Waals surface area (Å²) in [4.78, 5) is 11.7. The maximum atomic E-state index is 11.7. The molecule has 1 aromatic carbocycles. The van der Waals surface area contributed by atoms with Crippen LogP contribution in [0, 0.1) is 11.3 Å². The number of halogens is 3. The molecule has 1 fully saturated rings. The molecule has 3 atom stereocenters. The highest BCUT2D eigenvalue weighted by molar-refractivity contribution is 6.53. The number of nitrogens with two attached hydrogens (primary N) is 1. The van der Waals surface area contributed by atoms with Crippen molar-refractivity contribution in [1.82, 2.24) is 0 Å². The number of carbonyl (C=O) groups is 1. The van der Waals surface area contributed by atoms with Crippen LogP contribution in [0.25, 0.3) is 0 Å². The van der Waals surface area contributed by atoms with Crippen LogP contribution >= 0.6 is 34.8 Å². The molecular weight excluding hydrogens is 317 g/mol. The predicted molar refractivity (Wildman–Crippen MR) is 84.3 cm³/mol. The van der Waals surface area contributed by atoms with E-state index in [-0.39, 0.29) is 11.8 Å². The van der Waals surface area contributed by atoms with Crippen LogP contribution in [-0.2, 0) is 4.79 Å². The van der Waals surface area contributed by atoms with Gasteiger partial charge in [-0.1, -0.05) is 37.6 Å². The third-order valence-corrected chi connectivity index (χ3v) is 6.02. The quantitative estimate of drug-likeness (QED) is 0.790. The Labute approximate surface area is 134 Å². The van der Waals surface area contributed by atoms with Gasteiger partial charge in [0, 0.05) is 10.9 Å². The highest BCUT2D eigenvalue weighted by atomic mass is 35.5. The van der Waals surface area contributed by atoms with Crippen LogP contribution in [0.3, 0.4) is 0 Å². The lowest BCUT2D eigenvalue weighted by Crippen LogP contribution is -2.29. The molecule has 0 spiro atoms. The summed E-state index contributed by atoms with van der Waals surface area (Å²) in [6.07, 6.45) is 1.29. The molecule has 110 valence electrons. The van der Waals surface area contributed by atoms with Gasteiger partial charge < -0.3 is 5.73 Å². The molecule has 2 rings (SSSR count). The molecule has 0 bridgehead atoms. The first-order chi connectivity index (χ1) is 9.27. The van der Waals surface area contributed by atoms with Gasteiger partial charge in [0.15, 0.2) is 0 Å². The van der Waals surface area contributed by atoms with Crippen LogP contribution in [0.2, 0.25) is 5.02 Å². The van der Waals surface area contributed by atoms with Crippen molar-refractivity contribution in [2.24, 2.45) is 17.1 Å². The van der Waals surface area contributed by atoms with Crippen molar-refractivity contribution in [3.63, 3.8) is 0 Å².